The third-order valence-corrected chi connectivity index (χ3v) is 4.29. The van der Waals surface area contributed by atoms with Crippen molar-refractivity contribution in [3.05, 3.63) is 0 Å². The molecule has 0 aliphatic carbocycles. The van der Waals surface area contributed by atoms with Gasteiger partial charge in [-0.3, -0.25) is 0 Å². The first-order chi connectivity index (χ1) is 9.75. The zero-order valence-corrected chi connectivity index (χ0v) is 12.8. The molecule has 1 N–H and O–H groups in total. The molecule has 0 radical (unpaired) electrons. The standard InChI is InChI=1S/C15H29N3O2/c1-17(8-5-11-18-9-2-3-10-18)15(19)16-14-6-4-12-20-13-7-14/h14H,2-13H2,1H3,(H,16,19). The second kappa shape index (κ2) is 8.47. The van der Waals surface area contributed by atoms with Crippen molar-refractivity contribution in [2.45, 2.75) is 44.6 Å². The van der Waals surface area contributed by atoms with Crippen LogP contribution in [0.4, 0.5) is 4.79 Å². The minimum Gasteiger partial charge on any atom is -0.381 e. The molecule has 2 heterocycles. The van der Waals surface area contributed by atoms with E-state index in [-0.39, 0.29) is 12.1 Å². The van der Waals surface area contributed by atoms with E-state index in [2.05, 4.69) is 10.2 Å². The number of hydrogen-bond donors (Lipinski definition) is 1. The molecule has 116 valence electrons. The second-order valence-electron chi connectivity index (χ2n) is 6.01. The van der Waals surface area contributed by atoms with Crippen LogP contribution >= 0.6 is 0 Å². The molecule has 2 rings (SSSR count). The van der Waals surface area contributed by atoms with Crippen LogP contribution in [0.5, 0.6) is 0 Å². The highest BCUT2D eigenvalue weighted by molar-refractivity contribution is 5.74. The van der Waals surface area contributed by atoms with E-state index >= 15 is 0 Å². The average molecular weight is 283 g/mol. The number of nitrogens with one attached hydrogen (secondary N) is 1. The Morgan fingerprint density at radius 3 is 2.85 bits per heavy atom. The van der Waals surface area contributed by atoms with Crippen LogP contribution in [0, 0.1) is 0 Å². The van der Waals surface area contributed by atoms with E-state index in [1.54, 1.807) is 0 Å². The minimum absolute atomic E-state index is 0.0679. The molecular formula is C15H29N3O2. The summed E-state index contributed by atoms with van der Waals surface area (Å²) < 4.78 is 5.42. The summed E-state index contributed by atoms with van der Waals surface area (Å²) in [6.07, 6.45) is 6.75. The Kier molecular flexibility index (Phi) is 6.60. The number of urea groups is 1. The molecular weight excluding hydrogens is 254 g/mol. The predicted octanol–water partition coefficient (Wildman–Crippen LogP) is 1.68. The van der Waals surface area contributed by atoms with Crippen LogP contribution in [0.3, 0.4) is 0 Å². The summed E-state index contributed by atoms with van der Waals surface area (Å²) >= 11 is 0. The molecule has 0 aromatic rings. The second-order valence-corrected chi connectivity index (χ2v) is 6.01. The molecule has 20 heavy (non-hydrogen) atoms. The number of likely N-dealkylation sites (tertiary alicyclic amines) is 1. The lowest BCUT2D eigenvalue weighted by molar-refractivity contribution is 0.142. The van der Waals surface area contributed by atoms with E-state index in [9.17, 15) is 4.79 Å². The zero-order chi connectivity index (χ0) is 14.2. The van der Waals surface area contributed by atoms with Gasteiger partial charge in [0.1, 0.15) is 0 Å². The van der Waals surface area contributed by atoms with Crippen LogP contribution < -0.4 is 5.32 Å². The largest absolute Gasteiger partial charge is 0.381 e. The third kappa shape index (κ3) is 5.29. The highest BCUT2D eigenvalue weighted by Gasteiger charge is 2.17. The van der Waals surface area contributed by atoms with Crippen molar-refractivity contribution >= 4 is 6.03 Å². The van der Waals surface area contributed by atoms with Gasteiger partial charge in [-0.2, -0.15) is 0 Å². The Bertz CT molecular complexity index is 285. The van der Waals surface area contributed by atoms with Crippen LogP contribution in [0.25, 0.3) is 0 Å². The van der Waals surface area contributed by atoms with Gasteiger partial charge in [0.2, 0.25) is 0 Å². The highest BCUT2D eigenvalue weighted by Crippen LogP contribution is 2.09. The molecule has 5 nitrogen and oxygen atoms in total. The molecule has 2 fully saturated rings. The lowest BCUT2D eigenvalue weighted by Crippen LogP contribution is -2.44. The molecule has 5 heteroatoms. The topological polar surface area (TPSA) is 44.8 Å². The molecule has 2 amide bonds. The van der Waals surface area contributed by atoms with Gasteiger partial charge in [0.15, 0.2) is 0 Å². The van der Waals surface area contributed by atoms with E-state index in [4.69, 9.17) is 4.74 Å². The fourth-order valence-electron chi connectivity index (χ4n) is 2.97. The van der Waals surface area contributed by atoms with Gasteiger partial charge in [-0.1, -0.05) is 0 Å². The molecule has 0 spiro atoms. The molecule has 0 saturated carbocycles. The summed E-state index contributed by atoms with van der Waals surface area (Å²) in [7, 11) is 1.90. The Balaban J connectivity index is 1.60. The third-order valence-electron chi connectivity index (χ3n) is 4.29. The molecule has 0 aromatic carbocycles. The van der Waals surface area contributed by atoms with Gasteiger partial charge in [0.05, 0.1) is 0 Å². The first kappa shape index (κ1) is 15.6. The fraction of sp³-hybridized carbons (Fsp3) is 0.933. The predicted molar refractivity (Wildman–Crippen MR) is 79.9 cm³/mol. The summed E-state index contributed by atoms with van der Waals surface area (Å²) in [6, 6.07) is 0.351. The van der Waals surface area contributed by atoms with E-state index in [0.29, 0.717) is 0 Å². The maximum absolute atomic E-state index is 12.1. The highest BCUT2D eigenvalue weighted by atomic mass is 16.5. The van der Waals surface area contributed by atoms with Crippen molar-refractivity contribution in [2.75, 3.05) is 46.4 Å². The van der Waals surface area contributed by atoms with Gasteiger partial charge >= 0.3 is 6.03 Å². The number of carbonyl (C=O) groups excluding carboxylic acids is 1. The lowest BCUT2D eigenvalue weighted by Gasteiger charge is -2.23. The molecule has 1 atom stereocenters. The Hall–Kier alpha value is -0.810. The summed E-state index contributed by atoms with van der Waals surface area (Å²) in [5.41, 5.74) is 0. The van der Waals surface area contributed by atoms with Crippen molar-refractivity contribution in [1.29, 1.82) is 0 Å². The van der Waals surface area contributed by atoms with Crippen molar-refractivity contribution in [2.24, 2.45) is 0 Å². The molecule has 0 aromatic heterocycles. The zero-order valence-electron chi connectivity index (χ0n) is 12.8. The quantitative estimate of drug-likeness (QED) is 0.835. The Morgan fingerprint density at radius 1 is 1.25 bits per heavy atom. The molecule has 2 saturated heterocycles. The van der Waals surface area contributed by atoms with E-state index in [1.165, 1.54) is 25.9 Å². The maximum atomic E-state index is 12.1. The minimum atomic E-state index is 0.0679. The van der Waals surface area contributed by atoms with Gasteiger partial charge in [-0.05, 0) is 58.2 Å². The van der Waals surface area contributed by atoms with Crippen LogP contribution in [0.2, 0.25) is 0 Å². The number of hydrogen-bond acceptors (Lipinski definition) is 3. The van der Waals surface area contributed by atoms with Crippen LogP contribution in [-0.4, -0.2) is 68.3 Å². The molecule has 2 aliphatic heterocycles. The molecule has 2 aliphatic rings. The summed E-state index contributed by atoms with van der Waals surface area (Å²) in [5, 5.41) is 3.13. The maximum Gasteiger partial charge on any atom is 0.317 e. The van der Waals surface area contributed by atoms with Crippen molar-refractivity contribution < 1.29 is 9.53 Å². The van der Waals surface area contributed by atoms with Gasteiger partial charge in [-0.15, -0.1) is 0 Å². The van der Waals surface area contributed by atoms with Crippen LogP contribution in [0.1, 0.15) is 38.5 Å². The Morgan fingerprint density at radius 2 is 2.05 bits per heavy atom. The van der Waals surface area contributed by atoms with Crippen molar-refractivity contribution in [1.82, 2.24) is 15.1 Å². The monoisotopic (exact) mass is 283 g/mol. The number of amides is 2. The normalized spacial score (nSPS) is 24.4. The average Bonchev–Trinajstić information content (AvgIpc) is 2.82. The lowest BCUT2D eigenvalue weighted by atomic mass is 10.1. The SMILES string of the molecule is CN(CCCN1CCCC1)C(=O)NC1CCCOCC1. The van der Waals surface area contributed by atoms with Gasteiger partial charge in [0, 0.05) is 32.8 Å². The van der Waals surface area contributed by atoms with Gasteiger partial charge in [0.25, 0.3) is 0 Å². The summed E-state index contributed by atoms with van der Waals surface area (Å²) in [4.78, 5) is 16.4. The molecule has 0 bridgehead atoms. The molecule has 1 unspecified atom stereocenters. The Labute approximate surface area is 122 Å². The first-order valence-corrected chi connectivity index (χ1v) is 8.07. The smallest absolute Gasteiger partial charge is 0.317 e. The first-order valence-electron chi connectivity index (χ1n) is 8.07. The number of carbonyl (C=O) groups is 1. The van der Waals surface area contributed by atoms with Gasteiger partial charge < -0.3 is 19.9 Å². The van der Waals surface area contributed by atoms with E-state index in [0.717, 1.165) is 52.0 Å². The van der Waals surface area contributed by atoms with E-state index in [1.807, 2.05) is 11.9 Å². The number of ether oxygens (including phenoxy) is 1. The van der Waals surface area contributed by atoms with E-state index < -0.39 is 0 Å². The van der Waals surface area contributed by atoms with Gasteiger partial charge in [-0.25, -0.2) is 4.79 Å². The number of nitrogens with zero attached hydrogens (tertiary/aromatic N) is 2. The summed E-state index contributed by atoms with van der Waals surface area (Å²) in [6.45, 7) is 6.03. The van der Waals surface area contributed by atoms with Crippen molar-refractivity contribution in [3.8, 4) is 0 Å². The number of rotatable bonds is 5. The summed E-state index contributed by atoms with van der Waals surface area (Å²) in [5.74, 6) is 0. The fourth-order valence-corrected chi connectivity index (χ4v) is 2.97. The van der Waals surface area contributed by atoms with Crippen LogP contribution in [0.15, 0.2) is 0 Å². The van der Waals surface area contributed by atoms with Crippen LogP contribution in [-0.2, 0) is 4.74 Å². The van der Waals surface area contributed by atoms with Crippen molar-refractivity contribution in [3.63, 3.8) is 0 Å².